The van der Waals surface area contributed by atoms with Gasteiger partial charge in [-0.2, -0.15) is 0 Å². The van der Waals surface area contributed by atoms with E-state index in [1.165, 1.54) is 0 Å². The van der Waals surface area contributed by atoms with Crippen LogP contribution >= 0.6 is 0 Å². The van der Waals surface area contributed by atoms with Crippen molar-refractivity contribution in [2.45, 2.75) is 6.04 Å². The number of phenols is 1. The van der Waals surface area contributed by atoms with Gasteiger partial charge in [0.2, 0.25) is 5.91 Å². The number of hydrogen-bond acceptors (Lipinski definition) is 4. The molecular weight excluding hydrogens is 242 g/mol. The van der Waals surface area contributed by atoms with Crippen molar-refractivity contribution in [2.75, 3.05) is 40.3 Å². The first-order valence-corrected chi connectivity index (χ1v) is 6.54. The van der Waals surface area contributed by atoms with Crippen molar-refractivity contribution in [3.63, 3.8) is 0 Å². The number of phenolic OH excluding ortho intramolecular Hbond substituents is 1. The minimum atomic E-state index is -0.316. The lowest BCUT2D eigenvalue weighted by molar-refractivity contribution is -0.135. The third-order valence-electron chi connectivity index (χ3n) is 3.38. The minimum Gasteiger partial charge on any atom is -0.508 e. The Bertz CT molecular complexity index is 442. The van der Waals surface area contributed by atoms with Crippen molar-refractivity contribution in [2.24, 2.45) is 0 Å². The fourth-order valence-corrected chi connectivity index (χ4v) is 2.39. The van der Waals surface area contributed by atoms with Gasteiger partial charge in [-0.05, 0) is 17.7 Å². The molecule has 1 heterocycles. The highest BCUT2D eigenvalue weighted by Crippen LogP contribution is 2.25. The number of piperazine rings is 1. The Morgan fingerprint density at radius 2 is 2.05 bits per heavy atom. The maximum atomic E-state index is 12.4. The molecule has 1 fully saturated rings. The third-order valence-corrected chi connectivity index (χ3v) is 3.38. The number of benzene rings is 1. The van der Waals surface area contributed by atoms with Gasteiger partial charge in [-0.1, -0.05) is 12.1 Å². The van der Waals surface area contributed by atoms with Crippen LogP contribution in [0.5, 0.6) is 5.75 Å². The van der Waals surface area contributed by atoms with Crippen LogP contribution in [0.25, 0.3) is 0 Å². The van der Waals surface area contributed by atoms with Gasteiger partial charge in [-0.3, -0.25) is 9.69 Å². The van der Waals surface area contributed by atoms with E-state index in [1.54, 1.807) is 37.2 Å². The Hall–Kier alpha value is -1.59. The molecular formula is C14H21N3O2. The second-order valence-corrected chi connectivity index (χ2v) is 5.02. The summed E-state index contributed by atoms with van der Waals surface area (Å²) >= 11 is 0. The Morgan fingerprint density at radius 1 is 1.37 bits per heavy atom. The molecule has 0 aromatic heterocycles. The molecule has 1 aromatic carbocycles. The molecule has 0 saturated carbocycles. The van der Waals surface area contributed by atoms with Crippen LogP contribution in [0.1, 0.15) is 11.6 Å². The summed E-state index contributed by atoms with van der Waals surface area (Å²) in [6.45, 7) is 3.44. The summed E-state index contributed by atoms with van der Waals surface area (Å²) in [5, 5.41) is 12.9. The van der Waals surface area contributed by atoms with Crippen LogP contribution in [0.2, 0.25) is 0 Å². The van der Waals surface area contributed by atoms with Crippen LogP contribution in [0.15, 0.2) is 24.3 Å². The normalized spacial score (nSPS) is 18.0. The average molecular weight is 263 g/mol. The predicted octanol–water partition coefficient (Wildman–Crippen LogP) is 0.427. The molecule has 0 bridgehead atoms. The molecule has 19 heavy (non-hydrogen) atoms. The molecule has 1 atom stereocenters. The highest BCUT2D eigenvalue weighted by molar-refractivity contribution is 5.83. The van der Waals surface area contributed by atoms with E-state index in [-0.39, 0.29) is 17.7 Å². The lowest BCUT2D eigenvalue weighted by Gasteiger charge is -2.35. The van der Waals surface area contributed by atoms with Gasteiger partial charge in [0.05, 0.1) is 0 Å². The molecule has 1 aromatic rings. The molecule has 1 saturated heterocycles. The number of aromatic hydroxyl groups is 1. The number of likely N-dealkylation sites (N-methyl/N-ethyl adjacent to an activating group) is 1. The second-order valence-electron chi connectivity index (χ2n) is 5.02. The molecule has 1 amide bonds. The summed E-state index contributed by atoms with van der Waals surface area (Å²) in [5.74, 6) is 0.247. The first-order valence-electron chi connectivity index (χ1n) is 6.54. The molecule has 104 valence electrons. The monoisotopic (exact) mass is 263 g/mol. The molecule has 0 spiro atoms. The van der Waals surface area contributed by atoms with Gasteiger partial charge < -0.3 is 15.3 Å². The zero-order valence-electron chi connectivity index (χ0n) is 11.5. The number of nitrogens with one attached hydrogen (secondary N) is 1. The maximum Gasteiger partial charge on any atom is 0.244 e. The number of amides is 1. The topological polar surface area (TPSA) is 55.8 Å². The molecule has 0 aliphatic carbocycles. The van der Waals surface area contributed by atoms with E-state index in [0.717, 1.165) is 31.7 Å². The molecule has 1 aliphatic rings. The number of nitrogens with zero attached hydrogens (tertiary/aromatic N) is 2. The number of carbonyl (C=O) groups is 1. The summed E-state index contributed by atoms with van der Waals surface area (Å²) in [6, 6.07) is 6.66. The van der Waals surface area contributed by atoms with Crippen LogP contribution in [-0.4, -0.2) is 61.1 Å². The minimum absolute atomic E-state index is 0.0486. The zero-order valence-corrected chi connectivity index (χ0v) is 11.5. The summed E-state index contributed by atoms with van der Waals surface area (Å²) in [5.41, 5.74) is 0.848. The fraction of sp³-hybridized carbons (Fsp3) is 0.500. The van der Waals surface area contributed by atoms with Gasteiger partial charge in [0.15, 0.2) is 0 Å². The molecule has 1 unspecified atom stereocenters. The SMILES string of the molecule is CN(C)C(=O)C(c1cccc(O)c1)N1CCNCC1. The quantitative estimate of drug-likeness (QED) is 0.830. The van der Waals surface area contributed by atoms with Gasteiger partial charge in [-0.15, -0.1) is 0 Å². The van der Waals surface area contributed by atoms with E-state index in [2.05, 4.69) is 10.2 Å². The highest BCUT2D eigenvalue weighted by atomic mass is 16.3. The fourth-order valence-electron chi connectivity index (χ4n) is 2.39. The Kier molecular flexibility index (Phi) is 4.39. The predicted molar refractivity (Wildman–Crippen MR) is 74.0 cm³/mol. The first-order chi connectivity index (χ1) is 9.09. The van der Waals surface area contributed by atoms with E-state index >= 15 is 0 Å². The van der Waals surface area contributed by atoms with Crippen LogP contribution in [0.3, 0.4) is 0 Å². The summed E-state index contributed by atoms with van der Waals surface area (Å²) in [6.07, 6.45) is 0. The third kappa shape index (κ3) is 3.24. The van der Waals surface area contributed by atoms with Gasteiger partial charge in [-0.25, -0.2) is 0 Å². The maximum absolute atomic E-state index is 12.4. The lowest BCUT2D eigenvalue weighted by Crippen LogP contribution is -2.49. The lowest BCUT2D eigenvalue weighted by atomic mass is 10.0. The van der Waals surface area contributed by atoms with E-state index < -0.39 is 0 Å². The summed E-state index contributed by atoms with van der Waals surface area (Å²) in [7, 11) is 3.53. The molecule has 2 N–H and O–H groups in total. The number of hydrogen-bond donors (Lipinski definition) is 2. The van der Waals surface area contributed by atoms with Crippen molar-refractivity contribution >= 4 is 5.91 Å². The van der Waals surface area contributed by atoms with Crippen LogP contribution in [0, 0.1) is 0 Å². The van der Waals surface area contributed by atoms with E-state index in [9.17, 15) is 9.90 Å². The number of rotatable bonds is 3. The standard InChI is InChI=1S/C14H21N3O2/c1-16(2)14(19)13(17-8-6-15-7-9-17)11-4-3-5-12(18)10-11/h3-5,10,13,15,18H,6-9H2,1-2H3. The highest BCUT2D eigenvalue weighted by Gasteiger charge is 2.29. The van der Waals surface area contributed by atoms with E-state index in [4.69, 9.17) is 0 Å². The van der Waals surface area contributed by atoms with Crippen molar-refractivity contribution in [1.82, 2.24) is 15.1 Å². The second kappa shape index (κ2) is 6.04. The van der Waals surface area contributed by atoms with Crippen LogP contribution < -0.4 is 5.32 Å². The van der Waals surface area contributed by atoms with Crippen molar-refractivity contribution < 1.29 is 9.90 Å². The Labute approximate surface area is 113 Å². The van der Waals surface area contributed by atoms with Crippen molar-refractivity contribution in [3.05, 3.63) is 29.8 Å². The molecule has 1 aliphatic heterocycles. The van der Waals surface area contributed by atoms with E-state index in [0.29, 0.717) is 0 Å². The summed E-state index contributed by atoms with van der Waals surface area (Å²) < 4.78 is 0. The zero-order chi connectivity index (χ0) is 13.8. The number of carbonyl (C=O) groups excluding carboxylic acids is 1. The Balaban J connectivity index is 2.30. The smallest absolute Gasteiger partial charge is 0.244 e. The largest absolute Gasteiger partial charge is 0.508 e. The van der Waals surface area contributed by atoms with Gasteiger partial charge >= 0.3 is 0 Å². The van der Waals surface area contributed by atoms with E-state index in [1.807, 2.05) is 6.07 Å². The molecule has 2 rings (SSSR count). The Morgan fingerprint density at radius 3 is 2.63 bits per heavy atom. The van der Waals surface area contributed by atoms with Crippen LogP contribution in [0.4, 0.5) is 0 Å². The average Bonchev–Trinajstić information content (AvgIpc) is 2.40. The van der Waals surface area contributed by atoms with Gasteiger partial charge in [0, 0.05) is 40.3 Å². The van der Waals surface area contributed by atoms with Crippen LogP contribution in [-0.2, 0) is 4.79 Å². The molecule has 0 radical (unpaired) electrons. The molecule has 5 nitrogen and oxygen atoms in total. The van der Waals surface area contributed by atoms with Crippen molar-refractivity contribution in [3.8, 4) is 5.75 Å². The van der Waals surface area contributed by atoms with Crippen molar-refractivity contribution in [1.29, 1.82) is 0 Å². The van der Waals surface area contributed by atoms with Gasteiger partial charge in [0.1, 0.15) is 11.8 Å². The summed E-state index contributed by atoms with van der Waals surface area (Å²) in [4.78, 5) is 16.2. The van der Waals surface area contributed by atoms with Gasteiger partial charge in [0.25, 0.3) is 0 Å². The first kappa shape index (κ1) is 13.8. The molecule has 5 heteroatoms.